The van der Waals surface area contributed by atoms with Gasteiger partial charge >= 0.3 is 0 Å². The number of halogens is 1. The Labute approximate surface area is 211 Å². The number of likely N-dealkylation sites (tertiary alicyclic amines) is 1. The normalized spacial score (nSPS) is 15.9. The summed E-state index contributed by atoms with van der Waals surface area (Å²) in [6.07, 6.45) is 4.92. The molecular weight excluding hydrogens is 454 g/mol. The summed E-state index contributed by atoms with van der Waals surface area (Å²) in [7, 11) is 8.20. The number of nitrogens with zero attached hydrogens (tertiary/aromatic N) is 4. The molecule has 3 heterocycles. The summed E-state index contributed by atoms with van der Waals surface area (Å²) in [5, 5.41) is 10.7. The largest absolute Gasteiger partial charge is 0.366 e. The van der Waals surface area contributed by atoms with Crippen molar-refractivity contribution in [2.24, 2.45) is 0 Å². The molecule has 2 N–H and O–H groups in total. The van der Waals surface area contributed by atoms with Crippen LogP contribution in [0.2, 0.25) is 0 Å². The van der Waals surface area contributed by atoms with Gasteiger partial charge in [0.25, 0.3) is 5.91 Å². The van der Waals surface area contributed by atoms with E-state index in [4.69, 9.17) is 7.85 Å². The van der Waals surface area contributed by atoms with Gasteiger partial charge in [-0.3, -0.25) is 4.79 Å². The summed E-state index contributed by atoms with van der Waals surface area (Å²) >= 11 is 0. The lowest BCUT2D eigenvalue weighted by Crippen LogP contribution is -2.31. The Kier molecular flexibility index (Phi) is 7.00. The van der Waals surface area contributed by atoms with Gasteiger partial charge in [-0.2, -0.15) is 9.61 Å². The van der Waals surface area contributed by atoms with E-state index in [1.54, 1.807) is 28.8 Å². The quantitative estimate of drug-likeness (QED) is 0.378. The van der Waals surface area contributed by atoms with Crippen LogP contribution in [0.25, 0.3) is 16.9 Å². The summed E-state index contributed by atoms with van der Waals surface area (Å²) in [6, 6.07) is 16.3. The van der Waals surface area contributed by atoms with Gasteiger partial charge in [-0.25, -0.2) is 9.37 Å². The molecule has 7 nitrogen and oxygen atoms in total. The molecule has 4 aromatic rings. The van der Waals surface area contributed by atoms with E-state index in [0.29, 0.717) is 52.9 Å². The van der Waals surface area contributed by atoms with Crippen molar-refractivity contribution in [3.8, 4) is 11.3 Å². The maximum absolute atomic E-state index is 14.4. The van der Waals surface area contributed by atoms with Crippen molar-refractivity contribution >= 4 is 30.7 Å². The highest BCUT2D eigenvalue weighted by atomic mass is 19.1. The Hall–Kier alpha value is -3.72. The van der Waals surface area contributed by atoms with Crippen LogP contribution in [0.4, 0.5) is 10.2 Å². The summed E-state index contributed by atoms with van der Waals surface area (Å²) < 4.78 is 16.0. The van der Waals surface area contributed by atoms with E-state index in [9.17, 15) is 9.18 Å². The Morgan fingerprint density at radius 2 is 2.00 bits per heavy atom. The number of nitrogens with one attached hydrogen (secondary N) is 2. The molecule has 0 spiro atoms. The smallest absolute Gasteiger partial charge is 0.251 e. The van der Waals surface area contributed by atoms with Gasteiger partial charge in [0, 0.05) is 42.5 Å². The Balaban J connectivity index is 1.25. The molecule has 0 saturated carbocycles. The predicted molar refractivity (Wildman–Crippen MR) is 140 cm³/mol. The van der Waals surface area contributed by atoms with Gasteiger partial charge in [-0.15, -0.1) is 0 Å². The zero-order valence-electron chi connectivity index (χ0n) is 20.2. The minimum atomic E-state index is -0.359. The second kappa shape index (κ2) is 10.5. The van der Waals surface area contributed by atoms with Crippen LogP contribution in [-0.4, -0.2) is 59.4 Å². The first-order chi connectivity index (χ1) is 17.5. The van der Waals surface area contributed by atoms with Gasteiger partial charge in [-0.1, -0.05) is 24.3 Å². The van der Waals surface area contributed by atoms with Crippen LogP contribution in [0.1, 0.15) is 35.2 Å². The fourth-order valence-electron chi connectivity index (χ4n) is 4.68. The molecule has 2 aromatic heterocycles. The lowest BCUT2D eigenvalue weighted by molar-refractivity contribution is 0.0950. The van der Waals surface area contributed by atoms with E-state index < -0.39 is 0 Å². The molecule has 36 heavy (non-hydrogen) atoms. The minimum Gasteiger partial charge on any atom is -0.366 e. The minimum absolute atomic E-state index is 0.0625. The first kappa shape index (κ1) is 24.0. The molecule has 1 atom stereocenters. The third-order valence-corrected chi connectivity index (χ3v) is 6.77. The lowest BCUT2D eigenvalue weighted by atomic mass is 10.0. The van der Waals surface area contributed by atoms with E-state index in [1.165, 1.54) is 25.1 Å². The zero-order valence-corrected chi connectivity index (χ0v) is 20.2. The molecular formula is C27H28BFN6O. The molecule has 1 saturated heterocycles. The molecule has 1 fully saturated rings. The number of hydrogen-bond acceptors (Lipinski definition) is 5. The molecule has 5 rings (SSSR count). The van der Waals surface area contributed by atoms with E-state index in [2.05, 4.69) is 32.7 Å². The maximum atomic E-state index is 14.4. The van der Waals surface area contributed by atoms with E-state index in [0.717, 1.165) is 18.5 Å². The Morgan fingerprint density at radius 3 is 2.75 bits per heavy atom. The molecule has 1 aliphatic rings. The lowest BCUT2D eigenvalue weighted by Gasteiger charge is -2.19. The molecule has 182 valence electrons. The van der Waals surface area contributed by atoms with Gasteiger partial charge in [0.05, 0.1) is 5.69 Å². The van der Waals surface area contributed by atoms with E-state index >= 15 is 0 Å². The molecule has 0 aliphatic carbocycles. The van der Waals surface area contributed by atoms with Gasteiger partial charge in [0.15, 0.2) is 5.65 Å². The van der Waals surface area contributed by atoms with Crippen molar-refractivity contribution in [2.45, 2.75) is 31.8 Å². The highest BCUT2D eigenvalue weighted by molar-refractivity contribution is 6.36. The van der Waals surface area contributed by atoms with Crippen LogP contribution in [0.3, 0.4) is 0 Å². The molecule has 2 aromatic carbocycles. The highest BCUT2D eigenvalue weighted by Gasteiger charge is 2.20. The van der Waals surface area contributed by atoms with Gasteiger partial charge < -0.3 is 15.5 Å². The van der Waals surface area contributed by atoms with Crippen LogP contribution in [-0.2, 0) is 6.54 Å². The molecule has 1 unspecified atom stereocenters. The number of fused-ring (bicyclic) bond motifs is 1. The van der Waals surface area contributed by atoms with E-state index in [-0.39, 0.29) is 11.7 Å². The van der Waals surface area contributed by atoms with Crippen LogP contribution in [0, 0.1) is 5.82 Å². The van der Waals surface area contributed by atoms with Crippen molar-refractivity contribution in [3.63, 3.8) is 0 Å². The van der Waals surface area contributed by atoms with Crippen molar-refractivity contribution in [1.29, 1.82) is 0 Å². The fraction of sp³-hybridized carbons (Fsp3) is 0.296. The molecule has 0 bridgehead atoms. The second-order valence-corrected chi connectivity index (χ2v) is 9.21. The highest BCUT2D eigenvalue weighted by Crippen LogP contribution is 2.24. The fourth-order valence-corrected chi connectivity index (χ4v) is 4.68. The molecule has 1 aliphatic heterocycles. The zero-order chi connectivity index (χ0) is 25.1. The number of hydrogen-bond donors (Lipinski definition) is 2. The maximum Gasteiger partial charge on any atom is 0.251 e. The summed E-state index contributed by atoms with van der Waals surface area (Å²) in [5.74, 6) is 0.212. The van der Waals surface area contributed by atoms with Gasteiger partial charge in [-0.05, 0) is 68.1 Å². The summed E-state index contributed by atoms with van der Waals surface area (Å²) in [5.41, 5.74) is 3.33. The van der Waals surface area contributed by atoms with Crippen molar-refractivity contribution in [2.75, 3.05) is 25.5 Å². The van der Waals surface area contributed by atoms with Gasteiger partial charge in [0.2, 0.25) is 0 Å². The average Bonchev–Trinajstić information content (AvgIpc) is 3.48. The van der Waals surface area contributed by atoms with Crippen LogP contribution >= 0.6 is 0 Å². The molecule has 9 heteroatoms. The van der Waals surface area contributed by atoms with Gasteiger partial charge in [0.1, 0.15) is 19.5 Å². The SMILES string of the molecule is [B]c1cnn2c(NCc3ccc(C(=O)NCCC4CCCN4C)cc3)cc(-c3ccccc3F)nc12. The number of carbonyl (C=O) groups excluding carboxylic acids is 1. The number of benzene rings is 2. The van der Waals surface area contributed by atoms with Crippen LogP contribution < -0.4 is 16.1 Å². The first-order valence-corrected chi connectivity index (χ1v) is 12.2. The number of aromatic nitrogens is 3. The van der Waals surface area contributed by atoms with Crippen molar-refractivity contribution in [3.05, 3.63) is 77.7 Å². The summed E-state index contributed by atoms with van der Waals surface area (Å²) in [4.78, 5) is 19.4. The summed E-state index contributed by atoms with van der Waals surface area (Å²) in [6.45, 7) is 2.29. The Morgan fingerprint density at radius 1 is 1.19 bits per heavy atom. The monoisotopic (exact) mass is 482 g/mol. The van der Waals surface area contributed by atoms with Crippen LogP contribution in [0.5, 0.6) is 0 Å². The van der Waals surface area contributed by atoms with Crippen molar-refractivity contribution < 1.29 is 9.18 Å². The second-order valence-electron chi connectivity index (χ2n) is 9.21. The van der Waals surface area contributed by atoms with E-state index in [1.807, 2.05) is 24.3 Å². The molecule has 1 amide bonds. The number of anilines is 1. The predicted octanol–water partition coefficient (Wildman–Crippen LogP) is 3.16. The van der Waals surface area contributed by atoms with Crippen molar-refractivity contribution in [1.82, 2.24) is 24.8 Å². The Bertz CT molecular complexity index is 1370. The number of amides is 1. The first-order valence-electron chi connectivity index (χ1n) is 12.2. The molecule has 2 radical (unpaired) electrons. The number of rotatable bonds is 8. The topological polar surface area (TPSA) is 74.6 Å². The number of carbonyl (C=O) groups is 1. The third-order valence-electron chi connectivity index (χ3n) is 6.77. The third kappa shape index (κ3) is 5.11. The average molecular weight is 482 g/mol. The standard InChI is InChI=1S/C27H28BFN6O/c1-34-14-4-5-20(34)12-13-30-27(36)19-10-8-18(9-11-19)16-31-25-15-24(21-6-2-3-7-23(21)29)33-26-22(28)17-32-35(25)26/h2-3,6-11,15,17,20,31H,4-5,12-14,16H2,1H3,(H,30,36). The van der Waals surface area contributed by atoms with Crippen LogP contribution in [0.15, 0.2) is 60.8 Å².